The molecule has 1 N–H and O–H groups in total. The van der Waals surface area contributed by atoms with Crippen molar-refractivity contribution in [1.82, 2.24) is 15.2 Å². The largest absolute Gasteiger partial charge is 0.493 e. The molecule has 1 fully saturated rings. The van der Waals surface area contributed by atoms with Crippen molar-refractivity contribution >= 4 is 17.2 Å². The molecule has 1 saturated heterocycles. The second kappa shape index (κ2) is 9.19. The topological polar surface area (TPSA) is 63.7 Å². The Morgan fingerprint density at radius 1 is 1.37 bits per heavy atom. The number of rotatable bonds is 7. The summed E-state index contributed by atoms with van der Waals surface area (Å²) in [5.41, 5.74) is 0.504. The monoisotopic (exact) mass is 389 g/mol. The first-order valence-corrected chi connectivity index (χ1v) is 10.0. The number of aryl methyl sites for hydroxylation is 1. The quantitative estimate of drug-likeness (QED) is 0.788. The number of ether oxygens (including phenoxy) is 2. The van der Waals surface area contributed by atoms with E-state index in [9.17, 15) is 4.79 Å². The molecule has 6 nitrogen and oxygen atoms in total. The summed E-state index contributed by atoms with van der Waals surface area (Å²) in [6.07, 6.45) is 4.26. The van der Waals surface area contributed by atoms with Crippen molar-refractivity contribution in [2.75, 3.05) is 33.9 Å². The van der Waals surface area contributed by atoms with Gasteiger partial charge in [0.05, 0.1) is 24.8 Å². The van der Waals surface area contributed by atoms with Crippen LogP contribution in [0.2, 0.25) is 0 Å². The number of para-hydroxylation sites is 1. The van der Waals surface area contributed by atoms with E-state index in [1.165, 1.54) is 4.88 Å². The molecule has 1 aromatic heterocycles. The second-order valence-corrected chi connectivity index (χ2v) is 8.16. The summed E-state index contributed by atoms with van der Waals surface area (Å²) >= 11 is 1.76. The molecule has 0 radical (unpaired) electrons. The molecule has 0 unspecified atom stereocenters. The summed E-state index contributed by atoms with van der Waals surface area (Å²) < 4.78 is 10.6. The lowest BCUT2D eigenvalue weighted by atomic mass is 9.97. The number of methoxy groups -OCH3 is 2. The van der Waals surface area contributed by atoms with Gasteiger partial charge < -0.3 is 14.8 Å². The van der Waals surface area contributed by atoms with Gasteiger partial charge in [-0.25, -0.2) is 4.98 Å². The van der Waals surface area contributed by atoms with Gasteiger partial charge >= 0.3 is 0 Å². The minimum Gasteiger partial charge on any atom is -0.493 e. The summed E-state index contributed by atoms with van der Waals surface area (Å²) in [7, 11) is 3.12. The fourth-order valence-electron chi connectivity index (χ4n) is 3.56. The van der Waals surface area contributed by atoms with Gasteiger partial charge in [-0.3, -0.25) is 9.69 Å². The average Bonchev–Trinajstić information content (AvgIpc) is 3.10. The van der Waals surface area contributed by atoms with Crippen molar-refractivity contribution in [1.29, 1.82) is 0 Å². The lowest BCUT2D eigenvalue weighted by Crippen LogP contribution is -2.40. The normalized spacial score (nSPS) is 17.5. The Kier molecular flexibility index (Phi) is 6.68. The van der Waals surface area contributed by atoms with Crippen LogP contribution in [0.1, 0.15) is 33.1 Å². The van der Waals surface area contributed by atoms with E-state index in [0.29, 0.717) is 29.5 Å². The van der Waals surface area contributed by atoms with E-state index >= 15 is 0 Å². The maximum Gasteiger partial charge on any atom is 0.255 e. The van der Waals surface area contributed by atoms with Gasteiger partial charge in [0.2, 0.25) is 0 Å². The predicted molar refractivity (Wildman–Crippen MR) is 107 cm³/mol. The van der Waals surface area contributed by atoms with E-state index in [0.717, 1.165) is 37.5 Å². The van der Waals surface area contributed by atoms with Crippen LogP contribution in [0.5, 0.6) is 11.5 Å². The number of likely N-dealkylation sites (tertiary alicyclic amines) is 1. The highest BCUT2D eigenvalue weighted by Gasteiger charge is 2.22. The molecule has 0 bridgehead atoms. The van der Waals surface area contributed by atoms with Gasteiger partial charge in [-0.1, -0.05) is 6.07 Å². The third-order valence-corrected chi connectivity index (χ3v) is 5.75. The summed E-state index contributed by atoms with van der Waals surface area (Å²) in [5.74, 6) is 1.37. The Labute approximate surface area is 164 Å². The summed E-state index contributed by atoms with van der Waals surface area (Å²) in [4.78, 5) is 20.7. The maximum absolute atomic E-state index is 12.6. The minimum atomic E-state index is -0.124. The molecule has 3 rings (SSSR count). The zero-order chi connectivity index (χ0) is 19.2. The molecule has 2 aromatic rings. The highest BCUT2D eigenvalue weighted by atomic mass is 32.1. The number of carbonyl (C=O) groups excluding carboxylic acids is 1. The van der Waals surface area contributed by atoms with Crippen molar-refractivity contribution in [2.24, 2.45) is 5.92 Å². The number of nitrogens with one attached hydrogen (secondary N) is 1. The molecule has 1 aliphatic heterocycles. The van der Waals surface area contributed by atoms with E-state index in [4.69, 9.17) is 9.47 Å². The number of benzene rings is 1. The Morgan fingerprint density at radius 2 is 2.22 bits per heavy atom. The van der Waals surface area contributed by atoms with Gasteiger partial charge in [0.1, 0.15) is 0 Å². The van der Waals surface area contributed by atoms with Gasteiger partial charge in [0, 0.05) is 30.7 Å². The summed E-state index contributed by atoms with van der Waals surface area (Å²) in [6, 6.07) is 5.35. The molecule has 0 spiro atoms. The van der Waals surface area contributed by atoms with Gasteiger partial charge in [0.15, 0.2) is 11.5 Å². The number of aromatic nitrogens is 1. The standard InChI is InChI=1S/C20H27N3O3S/c1-14-21-11-16(27-14)13-23-9-5-6-15(12-23)10-22-20(24)17-7-4-8-18(25-2)19(17)26-3/h4,7-8,11,15H,5-6,9-10,12-13H2,1-3H3,(H,22,24)/t15-/m1/s1. The molecule has 0 saturated carbocycles. The number of thiazole rings is 1. The number of hydrogen-bond donors (Lipinski definition) is 1. The van der Waals surface area contributed by atoms with Gasteiger partial charge in [-0.2, -0.15) is 0 Å². The van der Waals surface area contributed by atoms with Crippen molar-refractivity contribution in [3.8, 4) is 11.5 Å². The number of hydrogen-bond acceptors (Lipinski definition) is 6. The van der Waals surface area contributed by atoms with Crippen LogP contribution in [-0.2, 0) is 6.54 Å². The van der Waals surface area contributed by atoms with E-state index in [-0.39, 0.29) is 5.91 Å². The first-order chi connectivity index (χ1) is 13.1. The Balaban J connectivity index is 1.55. The van der Waals surface area contributed by atoms with E-state index in [2.05, 4.69) is 15.2 Å². The zero-order valence-electron chi connectivity index (χ0n) is 16.2. The van der Waals surface area contributed by atoms with Crippen LogP contribution in [0.25, 0.3) is 0 Å². The van der Waals surface area contributed by atoms with Crippen LogP contribution in [0, 0.1) is 12.8 Å². The van der Waals surface area contributed by atoms with Crippen LogP contribution in [-0.4, -0.2) is 49.6 Å². The Bertz CT molecular complexity index is 778. The number of carbonyl (C=O) groups is 1. The molecule has 1 amide bonds. The lowest BCUT2D eigenvalue weighted by Gasteiger charge is -2.32. The van der Waals surface area contributed by atoms with Crippen LogP contribution in [0.4, 0.5) is 0 Å². The highest BCUT2D eigenvalue weighted by Crippen LogP contribution is 2.30. The first kappa shape index (κ1) is 19.6. The Hall–Kier alpha value is -2.12. The van der Waals surface area contributed by atoms with Gasteiger partial charge in [-0.05, 0) is 44.4 Å². The summed E-state index contributed by atoms with van der Waals surface area (Å²) in [5, 5.41) is 4.18. The molecule has 2 heterocycles. The van der Waals surface area contributed by atoms with E-state index < -0.39 is 0 Å². The van der Waals surface area contributed by atoms with Crippen molar-refractivity contribution < 1.29 is 14.3 Å². The number of nitrogens with zero attached hydrogens (tertiary/aromatic N) is 2. The fourth-order valence-corrected chi connectivity index (χ4v) is 4.40. The third-order valence-electron chi connectivity index (χ3n) is 4.85. The molecule has 0 aliphatic carbocycles. The van der Waals surface area contributed by atoms with Crippen LogP contribution in [0.3, 0.4) is 0 Å². The lowest BCUT2D eigenvalue weighted by molar-refractivity contribution is 0.0927. The third kappa shape index (κ3) is 4.99. The minimum absolute atomic E-state index is 0.124. The number of piperidine rings is 1. The van der Waals surface area contributed by atoms with E-state index in [1.807, 2.05) is 13.1 Å². The number of amides is 1. The van der Waals surface area contributed by atoms with Crippen LogP contribution < -0.4 is 14.8 Å². The van der Waals surface area contributed by atoms with E-state index in [1.54, 1.807) is 43.8 Å². The second-order valence-electron chi connectivity index (χ2n) is 6.84. The fraction of sp³-hybridized carbons (Fsp3) is 0.500. The molecular weight excluding hydrogens is 362 g/mol. The van der Waals surface area contributed by atoms with Crippen molar-refractivity contribution in [3.05, 3.63) is 39.8 Å². The Morgan fingerprint density at radius 3 is 2.93 bits per heavy atom. The molecule has 146 valence electrons. The molecule has 27 heavy (non-hydrogen) atoms. The first-order valence-electron chi connectivity index (χ1n) is 9.23. The predicted octanol–water partition coefficient (Wildman–Crippen LogP) is 3.11. The molecule has 1 atom stereocenters. The highest BCUT2D eigenvalue weighted by molar-refractivity contribution is 7.11. The average molecular weight is 390 g/mol. The molecule has 1 aliphatic rings. The van der Waals surface area contributed by atoms with Crippen LogP contribution in [0.15, 0.2) is 24.4 Å². The van der Waals surface area contributed by atoms with Crippen LogP contribution >= 0.6 is 11.3 Å². The zero-order valence-corrected chi connectivity index (χ0v) is 17.0. The molecule has 1 aromatic carbocycles. The van der Waals surface area contributed by atoms with Crippen molar-refractivity contribution in [2.45, 2.75) is 26.3 Å². The van der Waals surface area contributed by atoms with Gasteiger partial charge in [-0.15, -0.1) is 11.3 Å². The molecule has 7 heteroatoms. The van der Waals surface area contributed by atoms with Gasteiger partial charge in [0.25, 0.3) is 5.91 Å². The summed E-state index contributed by atoms with van der Waals surface area (Å²) in [6.45, 7) is 5.74. The maximum atomic E-state index is 12.6. The van der Waals surface area contributed by atoms with Crippen molar-refractivity contribution in [3.63, 3.8) is 0 Å². The molecular formula is C20H27N3O3S. The SMILES string of the molecule is COc1cccc(C(=O)NC[C@H]2CCCN(Cc3cnc(C)s3)C2)c1OC. The smallest absolute Gasteiger partial charge is 0.255 e.